The number of aryl methyl sites for hydroxylation is 1. The van der Waals surface area contributed by atoms with E-state index in [1.54, 1.807) is 0 Å². The number of hydrogen-bond donors (Lipinski definition) is 1. The van der Waals surface area contributed by atoms with E-state index in [1.165, 1.54) is 11.1 Å². The number of piperidine rings is 3. The number of nitrogens with zero attached hydrogens (tertiary/aromatic N) is 1. The average molecular weight is 439 g/mol. The first kappa shape index (κ1) is 20.8. The van der Waals surface area contributed by atoms with E-state index in [0.29, 0.717) is 5.92 Å². The van der Waals surface area contributed by atoms with E-state index in [1.807, 2.05) is 13.0 Å². The summed E-state index contributed by atoms with van der Waals surface area (Å²) in [6, 6.07) is 12.7. The fourth-order valence-electron chi connectivity index (χ4n) is 5.61. The molecule has 2 aromatic carbocycles. The fraction of sp³-hybridized carbons (Fsp3) is 0.500. The Morgan fingerprint density at radius 2 is 1.84 bits per heavy atom. The van der Waals surface area contributed by atoms with Crippen molar-refractivity contribution >= 4 is 17.7 Å². The van der Waals surface area contributed by atoms with Crippen LogP contribution in [-0.4, -0.2) is 36.7 Å². The number of rotatable bonds is 3. The highest BCUT2D eigenvalue weighted by molar-refractivity contribution is 6.31. The van der Waals surface area contributed by atoms with E-state index in [2.05, 4.69) is 54.4 Å². The number of carbonyl (C=O) groups excluding carboxylic acids is 1. The van der Waals surface area contributed by atoms with Gasteiger partial charge in [0.25, 0.3) is 0 Å². The van der Waals surface area contributed by atoms with E-state index in [4.69, 9.17) is 16.3 Å². The minimum Gasteiger partial charge on any atom is -0.445 e. The summed E-state index contributed by atoms with van der Waals surface area (Å²) in [5, 5.41) is 3.99. The van der Waals surface area contributed by atoms with Crippen molar-refractivity contribution in [3.05, 3.63) is 58.1 Å². The van der Waals surface area contributed by atoms with Crippen LogP contribution in [0.4, 0.5) is 4.79 Å². The van der Waals surface area contributed by atoms with Crippen LogP contribution in [0.5, 0.6) is 0 Å². The predicted octanol–water partition coefficient (Wildman–Crippen LogP) is 5.76. The number of carbonyl (C=O) groups is 1. The van der Waals surface area contributed by atoms with Gasteiger partial charge in [0.1, 0.15) is 6.10 Å². The van der Waals surface area contributed by atoms with Gasteiger partial charge in [-0.15, -0.1) is 0 Å². The summed E-state index contributed by atoms with van der Waals surface area (Å²) in [5.74, 6) is 0.517. The number of alkyl carbamates (subject to hydrolysis) is 1. The Hall–Kier alpha value is -2.04. The maximum atomic E-state index is 12.8. The van der Waals surface area contributed by atoms with Gasteiger partial charge in [0.05, 0.1) is 6.04 Å². The third-order valence-corrected chi connectivity index (χ3v) is 7.91. The summed E-state index contributed by atoms with van der Waals surface area (Å²) < 4.78 is 5.91. The standard InChI is InChI=1S/C26H31ClN2O2/c1-16-4-5-19(13-22(16)27)18-6-7-21-20(12-18)14-26(2,3)24(21)28-25(30)31-23-15-29-10-8-17(23)9-11-29/h4-7,12-13,17,23-24H,8-11,14-15H2,1-3H3,(H,28,30)/t23-,24?/m0/s1. The zero-order chi connectivity index (χ0) is 21.8. The Kier molecular flexibility index (Phi) is 5.26. The number of halogens is 1. The molecule has 2 atom stereocenters. The zero-order valence-corrected chi connectivity index (χ0v) is 19.3. The first-order valence-corrected chi connectivity index (χ1v) is 11.8. The molecular formula is C26H31ClN2O2. The van der Waals surface area contributed by atoms with E-state index >= 15 is 0 Å². The van der Waals surface area contributed by atoms with Crippen molar-refractivity contribution in [1.82, 2.24) is 10.2 Å². The molecule has 3 aliphatic heterocycles. The average Bonchev–Trinajstić information content (AvgIpc) is 2.99. The van der Waals surface area contributed by atoms with Crippen LogP contribution in [0.2, 0.25) is 5.02 Å². The van der Waals surface area contributed by atoms with Crippen LogP contribution in [0.15, 0.2) is 36.4 Å². The molecule has 5 heteroatoms. The Labute approximate surface area is 189 Å². The van der Waals surface area contributed by atoms with Crippen LogP contribution in [0.1, 0.15) is 49.4 Å². The Morgan fingerprint density at radius 3 is 2.52 bits per heavy atom. The van der Waals surface area contributed by atoms with Crippen LogP contribution in [0, 0.1) is 18.3 Å². The van der Waals surface area contributed by atoms with Crippen molar-refractivity contribution in [2.24, 2.45) is 11.3 Å². The molecule has 1 unspecified atom stereocenters. The van der Waals surface area contributed by atoms with Crippen LogP contribution in [0.25, 0.3) is 11.1 Å². The lowest BCUT2D eigenvalue weighted by molar-refractivity contribution is -0.0348. The first-order chi connectivity index (χ1) is 14.8. The first-order valence-electron chi connectivity index (χ1n) is 11.4. The number of amides is 1. The van der Waals surface area contributed by atoms with E-state index in [0.717, 1.165) is 60.6 Å². The van der Waals surface area contributed by atoms with Gasteiger partial charge in [-0.3, -0.25) is 4.90 Å². The molecule has 2 bridgehead atoms. The molecule has 3 heterocycles. The number of ether oxygens (including phenoxy) is 1. The number of fused-ring (bicyclic) bond motifs is 4. The molecule has 1 aliphatic carbocycles. The van der Waals surface area contributed by atoms with Gasteiger partial charge in [0.15, 0.2) is 0 Å². The number of hydrogen-bond acceptors (Lipinski definition) is 3. The molecule has 31 heavy (non-hydrogen) atoms. The van der Waals surface area contributed by atoms with Gasteiger partial charge in [-0.05, 0) is 84.5 Å². The van der Waals surface area contributed by atoms with E-state index in [-0.39, 0.29) is 23.7 Å². The van der Waals surface area contributed by atoms with Crippen LogP contribution in [-0.2, 0) is 11.2 Å². The van der Waals surface area contributed by atoms with Gasteiger partial charge >= 0.3 is 6.09 Å². The largest absolute Gasteiger partial charge is 0.445 e. The quantitative estimate of drug-likeness (QED) is 0.662. The smallest absolute Gasteiger partial charge is 0.407 e. The maximum Gasteiger partial charge on any atom is 0.407 e. The molecule has 4 aliphatic rings. The van der Waals surface area contributed by atoms with Crippen LogP contribution < -0.4 is 5.32 Å². The lowest BCUT2D eigenvalue weighted by Gasteiger charge is -2.44. The molecule has 164 valence electrons. The second-order valence-corrected chi connectivity index (χ2v) is 10.6. The summed E-state index contributed by atoms with van der Waals surface area (Å²) in [6.45, 7) is 9.62. The third kappa shape index (κ3) is 3.96. The lowest BCUT2D eigenvalue weighted by Crippen LogP contribution is -2.53. The highest BCUT2D eigenvalue weighted by Gasteiger charge is 2.42. The summed E-state index contributed by atoms with van der Waals surface area (Å²) in [7, 11) is 0. The normalized spacial score (nSPS) is 28.3. The van der Waals surface area contributed by atoms with Crippen molar-refractivity contribution in [1.29, 1.82) is 0 Å². The topological polar surface area (TPSA) is 41.6 Å². The monoisotopic (exact) mass is 438 g/mol. The summed E-state index contributed by atoms with van der Waals surface area (Å²) in [6.07, 6.45) is 2.95. The van der Waals surface area contributed by atoms with Gasteiger partial charge in [0, 0.05) is 11.6 Å². The second-order valence-electron chi connectivity index (χ2n) is 10.2. The van der Waals surface area contributed by atoms with Crippen molar-refractivity contribution in [3.8, 4) is 11.1 Å². The van der Waals surface area contributed by atoms with Crippen molar-refractivity contribution in [3.63, 3.8) is 0 Å². The number of nitrogens with one attached hydrogen (secondary N) is 1. The molecule has 4 nitrogen and oxygen atoms in total. The number of benzene rings is 2. The molecule has 0 radical (unpaired) electrons. The molecule has 2 aromatic rings. The second kappa shape index (κ2) is 7.83. The maximum absolute atomic E-state index is 12.8. The Bertz CT molecular complexity index is 1010. The minimum atomic E-state index is -0.279. The SMILES string of the molecule is Cc1ccc(-c2ccc3c(c2)CC(C)(C)C3NC(=O)O[C@H]2CN3CCC2CC3)cc1Cl. The fourth-order valence-corrected chi connectivity index (χ4v) is 5.79. The highest BCUT2D eigenvalue weighted by atomic mass is 35.5. The third-order valence-electron chi connectivity index (χ3n) is 7.50. The molecular weight excluding hydrogens is 408 g/mol. The van der Waals surface area contributed by atoms with Crippen LogP contribution in [0.3, 0.4) is 0 Å². The summed E-state index contributed by atoms with van der Waals surface area (Å²) in [4.78, 5) is 15.2. The van der Waals surface area contributed by atoms with Crippen molar-refractivity contribution in [2.45, 2.75) is 52.2 Å². The van der Waals surface area contributed by atoms with Gasteiger partial charge < -0.3 is 10.1 Å². The van der Waals surface area contributed by atoms with Gasteiger partial charge in [-0.2, -0.15) is 0 Å². The molecule has 6 rings (SSSR count). The minimum absolute atomic E-state index is 0.0279. The zero-order valence-electron chi connectivity index (χ0n) is 18.6. The molecule has 1 amide bonds. The van der Waals surface area contributed by atoms with E-state index < -0.39 is 0 Å². The summed E-state index contributed by atoms with van der Waals surface area (Å²) in [5.41, 5.74) is 5.77. The highest BCUT2D eigenvalue weighted by Crippen LogP contribution is 2.46. The molecule has 0 spiro atoms. The molecule has 3 saturated heterocycles. The van der Waals surface area contributed by atoms with Crippen LogP contribution >= 0.6 is 11.6 Å². The Balaban J connectivity index is 1.33. The molecule has 0 saturated carbocycles. The molecule has 3 fully saturated rings. The lowest BCUT2D eigenvalue weighted by atomic mass is 9.85. The summed E-state index contributed by atoms with van der Waals surface area (Å²) >= 11 is 6.35. The van der Waals surface area contributed by atoms with Crippen molar-refractivity contribution in [2.75, 3.05) is 19.6 Å². The van der Waals surface area contributed by atoms with Crippen molar-refractivity contribution < 1.29 is 9.53 Å². The van der Waals surface area contributed by atoms with E-state index in [9.17, 15) is 4.79 Å². The predicted molar refractivity (Wildman–Crippen MR) is 124 cm³/mol. The molecule has 0 aromatic heterocycles. The van der Waals surface area contributed by atoms with Gasteiger partial charge in [-0.1, -0.05) is 55.8 Å². The van der Waals surface area contributed by atoms with Gasteiger partial charge in [-0.25, -0.2) is 4.79 Å². The molecule has 1 N–H and O–H groups in total. The van der Waals surface area contributed by atoms with Gasteiger partial charge in [0.2, 0.25) is 0 Å². The Morgan fingerprint density at radius 1 is 1.13 bits per heavy atom.